The van der Waals surface area contributed by atoms with Crippen molar-refractivity contribution in [3.63, 3.8) is 0 Å². The van der Waals surface area contributed by atoms with Gasteiger partial charge in [-0.3, -0.25) is 25.0 Å². The predicted molar refractivity (Wildman–Crippen MR) is 96.9 cm³/mol. The molecule has 1 amide bonds. The number of carbonyl (C=O) groups is 3. The van der Waals surface area contributed by atoms with Crippen LogP contribution in [0.15, 0.2) is 47.2 Å². The van der Waals surface area contributed by atoms with Crippen LogP contribution in [-0.4, -0.2) is 55.9 Å². The number of benzene rings is 1. The molecule has 0 aromatic heterocycles. The van der Waals surface area contributed by atoms with Gasteiger partial charge in [0.25, 0.3) is 0 Å². The van der Waals surface area contributed by atoms with Crippen molar-refractivity contribution < 1.29 is 23.9 Å². The first-order valence-electron chi connectivity index (χ1n) is 8.59. The lowest BCUT2D eigenvalue weighted by molar-refractivity contribution is -0.119. The Balaban J connectivity index is 2.06. The first kappa shape index (κ1) is 19.0. The average Bonchev–Trinajstić information content (AvgIpc) is 2.65. The third-order valence-corrected chi connectivity index (χ3v) is 4.77. The van der Waals surface area contributed by atoms with Crippen molar-refractivity contribution in [1.82, 2.24) is 10.6 Å². The van der Waals surface area contributed by atoms with E-state index >= 15 is 0 Å². The second-order valence-corrected chi connectivity index (χ2v) is 6.70. The summed E-state index contributed by atoms with van der Waals surface area (Å²) in [7, 11) is 5.05. The van der Waals surface area contributed by atoms with E-state index in [0.29, 0.717) is 23.3 Å². The molecule has 3 rings (SSSR count). The van der Waals surface area contributed by atoms with E-state index in [0.717, 1.165) is 0 Å². The second kappa shape index (κ2) is 7.46. The van der Waals surface area contributed by atoms with E-state index < -0.39 is 12.2 Å². The molecule has 2 unspecified atom stereocenters. The van der Waals surface area contributed by atoms with Crippen molar-refractivity contribution in [2.45, 2.75) is 25.2 Å². The molecule has 2 atom stereocenters. The molecular weight excluding hydrogens is 348 g/mol. The number of likely N-dealkylation sites (N-methyl/N-ethyl adjacent to an activating group) is 1. The Labute approximate surface area is 157 Å². The zero-order chi connectivity index (χ0) is 19.7. The fourth-order valence-electron chi connectivity index (χ4n) is 3.41. The number of methoxy groups -OCH3 is 1. The number of ketones is 2. The number of amides is 1. The van der Waals surface area contributed by atoms with Gasteiger partial charge in [-0.25, -0.2) is 0 Å². The SMILES string of the molecule is COC1OC(C(CCC([NH])=O)N(C)C)=CC2=C1C(=O)c1ccccc1C2=O. The van der Waals surface area contributed by atoms with E-state index in [2.05, 4.69) is 0 Å². The zero-order valence-corrected chi connectivity index (χ0v) is 15.4. The number of nitrogens with one attached hydrogen (secondary N) is 1. The molecule has 1 aromatic rings. The molecule has 0 saturated heterocycles. The third-order valence-electron chi connectivity index (χ3n) is 4.77. The molecule has 27 heavy (non-hydrogen) atoms. The highest BCUT2D eigenvalue weighted by atomic mass is 16.7. The van der Waals surface area contributed by atoms with E-state index in [1.165, 1.54) is 7.11 Å². The van der Waals surface area contributed by atoms with E-state index in [9.17, 15) is 14.4 Å². The quantitative estimate of drug-likeness (QED) is 0.758. The summed E-state index contributed by atoms with van der Waals surface area (Å²) >= 11 is 0. The minimum atomic E-state index is -1.00. The van der Waals surface area contributed by atoms with Gasteiger partial charge in [-0.2, -0.15) is 0 Å². The van der Waals surface area contributed by atoms with Crippen molar-refractivity contribution >= 4 is 17.5 Å². The number of hydrogen-bond acceptors (Lipinski definition) is 6. The fraction of sp³-hybridized carbons (Fsp3) is 0.350. The van der Waals surface area contributed by atoms with Crippen molar-refractivity contribution in [2.24, 2.45) is 0 Å². The van der Waals surface area contributed by atoms with Gasteiger partial charge in [-0.05, 0) is 26.6 Å². The summed E-state index contributed by atoms with van der Waals surface area (Å²) in [5, 5.41) is 0. The first-order valence-corrected chi connectivity index (χ1v) is 8.59. The Morgan fingerprint density at radius 2 is 1.85 bits per heavy atom. The molecule has 0 fully saturated rings. The lowest BCUT2D eigenvalue weighted by Crippen LogP contribution is -2.39. The molecule has 141 valence electrons. The summed E-state index contributed by atoms with van der Waals surface area (Å²) in [6.45, 7) is 0. The third kappa shape index (κ3) is 3.43. The molecule has 1 radical (unpaired) electrons. The maximum Gasteiger partial charge on any atom is 0.238 e. The van der Waals surface area contributed by atoms with Gasteiger partial charge < -0.3 is 9.47 Å². The number of hydrogen-bond donors (Lipinski definition) is 0. The van der Waals surface area contributed by atoms with Crippen LogP contribution in [0.2, 0.25) is 0 Å². The zero-order valence-electron chi connectivity index (χ0n) is 15.4. The number of nitrogens with zero attached hydrogens (tertiary/aromatic N) is 1. The van der Waals surface area contributed by atoms with Crippen LogP contribution in [0.5, 0.6) is 0 Å². The fourth-order valence-corrected chi connectivity index (χ4v) is 3.41. The Morgan fingerprint density at radius 3 is 2.41 bits per heavy atom. The highest BCUT2D eigenvalue weighted by molar-refractivity contribution is 6.28. The van der Waals surface area contributed by atoms with Crippen LogP contribution in [0.25, 0.3) is 0 Å². The Hall–Kier alpha value is -2.77. The van der Waals surface area contributed by atoms with Crippen LogP contribution in [-0.2, 0) is 14.3 Å². The highest BCUT2D eigenvalue weighted by Crippen LogP contribution is 2.36. The molecule has 7 nitrogen and oxygen atoms in total. The predicted octanol–water partition coefficient (Wildman–Crippen LogP) is 1.77. The van der Waals surface area contributed by atoms with Gasteiger partial charge in [-0.1, -0.05) is 24.3 Å². The van der Waals surface area contributed by atoms with Crippen molar-refractivity contribution in [3.8, 4) is 0 Å². The maximum atomic E-state index is 13.0. The summed E-state index contributed by atoms with van der Waals surface area (Å²) in [5.74, 6) is -0.770. The number of Topliss-reactive ketones (excluding diaryl/α,β-unsaturated/α-hetero) is 2. The van der Waals surface area contributed by atoms with Crippen LogP contribution in [0.1, 0.15) is 33.6 Å². The molecule has 1 aliphatic carbocycles. The normalized spacial score (nSPS) is 20.0. The topological polar surface area (TPSA) is 96.7 Å². The molecule has 1 aromatic carbocycles. The van der Waals surface area contributed by atoms with Crippen LogP contribution in [0.3, 0.4) is 0 Å². The summed E-state index contributed by atoms with van der Waals surface area (Å²) in [4.78, 5) is 38.8. The van der Waals surface area contributed by atoms with Crippen molar-refractivity contribution in [2.75, 3.05) is 21.2 Å². The molecule has 0 bridgehead atoms. The monoisotopic (exact) mass is 369 g/mol. The van der Waals surface area contributed by atoms with E-state index in [4.69, 9.17) is 15.2 Å². The molecule has 7 heteroatoms. The van der Waals surface area contributed by atoms with Gasteiger partial charge in [0.2, 0.25) is 12.2 Å². The van der Waals surface area contributed by atoms with E-state index in [1.54, 1.807) is 30.3 Å². The number of carbonyl (C=O) groups excluding carboxylic acids is 3. The molecule has 1 heterocycles. The average molecular weight is 369 g/mol. The Bertz CT molecular complexity index is 869. The smallest absolute Gasteiger partial charge is 0.238 e. The van der Waals surface area contributed by atoms with E-state index in [-0.39, 0.29) is 35.2 Å². The maximum absolute atomic E-state index is 13.0. The molecule has 0 saturated carbocycles. The number of rotatable bonds is 6. The first-order chi connectivity index (χ1) is 12.8. The van der Waals surface area contributed by atoms with E-state index in [1.807, 2.05) is 19.0 Å². The van der Waals surface area contributed by atoms with Gasteiger partial charge in [-0.15, -0.1) is 0 Å². The largest absolute Gasteiger partial charge is 0.463 e. The Morgan fingerprint density at radius 1 is 1.22 bits per heavy atom. The lowest BCUT2D eigenvalue weighted by Gasteiger charge is -2.34. The number of fused-ring (bicyclic) bond motifs is 1. The van der Waals surface area contributed by atoms with Gasteiger partial charge in [0, 0.05) is 30.2 Å². The van der Waals surface area contributed by atoms with Gasteiger partial charge in [0.15, 0.2) is 11.6 Å². The second-order valence-electron chi connectivity index (χ2n) is 6.70. The van der Waals surface area contributed by atoms with Gasteiger partial charge in [0.1, 0.15) is 5.76 Å². The summed E-state index contributed by atoms with van der Waals surface area (Å²) in [6.07, 6.45) is 0.987. The number of ether oxygens (including phenoxy) is 2. The summed E-state index contributed by atoms with van der Waals surface area (Å²) < 4.78 is 11.3. The molecule has 0 spiro atoms. The minimum Gasteiger partial charge on any atom is -0.463 e. The summed E-state index contributed by atoms with van der Waals surface area (Å²) in [5.41, 5.74) is 8.29. The van der Waals surface area contributed by atoms with Crippen LogP contribution >= 0.6 is 0 Å². The standard InChI is InChI=1S/C20H21N2O5/c1-22(2)14(8-9-16(21)23)15-10-13-17(20(26-3)27-15)19(25)12-7-5-4-6-11(12)18(13)24/h4-7,10,14,20-21H,8-9H2,1-3H3. The van der Waals surface area contributed by atoms with Crippen molar-refractivity contribution in [3.05, 3.63) is 58.4 Å². The van der Waals surface area contributed by atoms with Crippen LogP contribution in [0, 0.1) is 0 Å². The molecule has 1 aliphatic heterocycles. The Kier molecular flexibility index (Phi) is 5.25. The van der Waals surface area contributed by atoms with Gasteiger partial charge >= 0.3 is 0 Å². The summed E-state index contributed by atoms with van der Waals surface area (Å²) in [6, 6.07) is 6.35. The lowest BCUT2D eigenvalue weighted by atomic mass is 9.82. The van der Waals surface area contributed by atoms with Crippen LogP contribution in [0.4, 0.5) is 0 Å². The molecule has 2 aliphatic rings. The minimum absolute atomic E-state index is 0.0583. The molecular formula is C20H21N2O5. The van der Waals surface area contributed by atoms with Gasteiger partial charge in [0.05, 0.1) is 11.6 Å². The van der Waals surface area contributed by atoms with Crippen LogP contribution < -0.4 is 5.73 Å². The highest BCUT2D eigenvalue weighted by Gasteiger charge is 2.40. The van der Waals surface area contributed by atoms with Crippen molar-refractivity contribution in [1.29, 1.82) is 0 Å². The number of allylic oxidation sites excluding steroid dienone is 2. The molecule has 1 N–H and O–H groups in total.